The van der Waals surface area contributed by atoms with Crippen LogP contribution in [0.5, 0.6) is 0 Å². The number of carbonyl (C=O) groups excluding carboxylic acids is 2. The minimum atomic E-state index is -0.490. The van der Waals surface area contributed by atoms with Gasteiger partial charge in [0, 0.05) is 6.54 Å². The Morgan fingerprint density at radius 1 is 1.92 bits per heavy atom. The van der Waals surface area contributed by atoms with Gasteiger partial charge in [0.15, 0.2) is 0 Å². The first-order valence-corrected chi connectivity index (χ1v) is 3.40. The zero-order chi connectivity index (χ0) is 8.97. The molecule has 0 saturated carbocycles. The molecule has 1 heterocycles. The second kappa shape index (κ2) is 3.62. The highest BCUT2D eigenvalue weighted by atomic mass is 16.6. The fourth-order valence-electron chi connectivity index (χ4n) is 0.803. The summed E-state index contributed by atoms with van der Waals surface area (Å²) in [6.45, 7) is 0.568. The zero-order valence-corrected chi connectivity index (χ0v) is 6.29. The Balaban J connectivity index is 2.21. The first-order valence-electron chi connectivity index (χ1n) is 3.40. The lowest BCUT2D eigenvalue weighted by Gasteiger charge is -2.05. The first kappa shape index (κ1) is 8.40. The van der Waals surface area contributed by atoms with E-state index in [1.807, 2.05) is 5.92 Å². The van der Waals surface area contributed by atoms with Gasteiger partial charge in [-0.1, -0.05) is 0 Å². The van der Waals surface area contributed by atoms with Crippen molar-refractivity contribution in [3.05, 3.63) is 0 Å². The normalized spacial score (nSPS) is 20.6. The maximum atomic E-state index is 10.5. The average Bonchev–Trinajstić information content (AvgIpc) is 2.47. The topological polar surface area (TPSA) is 67.4 Å². The van der Waals surface area contributed by atoms with Crippen LogP contribution in [0.15, 0.2) is 0 Å². The van der Waals surface area contributed by atoms with E-state index in [1.165, 1.54) is 0 Å². The van der Waals surface area contributed by atoms with Crippen molar-refractivity contribution >= 4 is 12.0 Å². The molecule has 64 valence electrons. The van der Waals surface area contributed by atoms with Crippen LogP contribution in [-0.2, 0) is 9.53 Å². The van der Waals surface area contributed by atoms with Gasteiger partial charge in [0.1, 0.15) is 6.61 Å². The van der Waals surface area contributed by atoms with Crippen LogP contribution in [0.25, 0.3) is 0 Å². The van der Waals surface area contributed by atoms with E-state index in [-0.39, 0.29) is 12.6 Å². The summed E-state index contributed by atoms with van der Waals surface area (Å²) < 4.78 is 4.58. The molecule has 1 fully saturated rings. The second-order valence-corrected chi connectivity index (χ2v) is 2.29. The van der Waals surface area contributed by atoms with Crippen molar-refractivity contribution < 1.29 is 14.3 Å². The molecule has 0 aromatic heterocycles. The Morgan fingerprint density at radius 3 is 3.17 bits per heavy atom. The fourth-order valence-corrected chi connectivity index (χ4v) is 0.803. The minimum Gasteiger partial charge on any atom is -0.447 e. The van der Waals surface area contributed by atoms with Gasteiger partial charge in [0.25, 0.3) is 5.91 Å². The third-order valence-corrected chi connectivity index (χ3v) is 1.38. The molecule has 0 spiro atoms. The van der Waals surface area contributed by atoms with E-state index < -0.39 is 12.0 Å². The molecular weight excluding hydrogens is 160 g/mol. The lowest BCUT2D eigenvalue weighted by molar-refractivity contribution is -0.115. The molecule has 2 N–H and O–H groups in total. The summed E-state index contributed by atoms with van der Waals surface area (Å²) in [6, 6.07) is -0.171. The first-order chi connectivity index (χ1) is 5.72. The smallest absolute Gasteiger partial charge is 0.407 e. The summed E-state index contributed by atoms with van der Waals surface area (Å²) in [5.41, 5.74) is 0. The highest BCUT2D eigenvalue weighted by Gasteiger charge is 2.21. The lowest BCUT2D eigenvalue weighted by Crippen LogP contribution is -2.38. The molecule has 1 unspecified atom stereocenters. The fraction of sp³-hybridized carbons (Fsp3) is 0.429. The van der Waals surface area contributed by atoms with E-state index in [0.29, 0.717) is 6.54 Å². The van der Waals surface area contributed by atoms with Gasteiger partial charge < -0.3 is 15.4 Å². The van der Waals surface area contributed by atoms with E-state index >= 15 is 0 Å². The maximum Gasteiger partial charge on any atom is 0.407 e. The molecule has 0 radical (unpaired) electrons. The van der Waals surface area contributed by atoms with E-state index in [1.54, 1.807) is 0 Å². The number of hydrogen-bond acceptors (Lipinski definition) is 3. The molecule has 1 aliphatic rings. The molecule has 1 rings (SSSR count). The summed E-state index contributed by atoms with van der Waals surface area (Å²) in [5.74, 6) is 1.41. The standard InChI is InChI=1S/C7H8N2O3/c1-2-6(10)8-3-5-4-12-7(11)9-5/h1,5H,3-4H2,(H,8,10)(H,9,11). The Morgan fingerprint density at radius 2 is 2.67 bits per heavy atom. The van der Waals surface area contributed by atoms with Gasteiger partial charge in [-0.3, -0.25) is 4.79 Å². The van der Waals surface area contributed by atoms with Crippen LogP contribution in [0.1, 0.15) is 0 Å². The quantitative estimate of drug-likeness (QED) is 0.511. The number of ether oxygens (including phenoxy) is 1. The monoisotopic (exact) mass is 168 g/mol. The van der Waals surface area contributed by atoms with Crippen molar-refractivity contribution in [2.45, 2.75) is 6.04 Å². The Bertz CT molecular complexity index is 244. The predicted octanol–water partition coefficient (Wildman–Crippen LogP) is -1.16. The second-order valence-electron chi connectivity index (χ2n) is 2.29. The number of nitrogens with one attached hydrogen (secondary N) is 2. The largest absolute Gasteiger partial charge is 0.447 e. The van der Waals surface area contributed by atoms with Crippen LogP contribution in [0.2, 0.25) is 0 Å². The summed E-state index contributed by atoms with van der Waals surface area (Å²) in [5, 5.41) is 4.91. The molecule has 1 aliphatic heterocycles. The van der Waals surface area contributed by atoms with Crippen LogP contribution in [-0.4, -0.2) is 31.2 Å². The van der Waals surface area contributed by atoms with Crippen molar-refractivity contribution in [2.75, 3.05) is 13.2 Å². The van der Waals surface area contributed by atoms with Gasteiger partial charge in [-0.25, -0.2) is 4.79 Å². The lowest BCUT2D eigenvalue weighted by atomic mass is 10.3. The van der Waals surface area contributed by atoms with Gasteiger partial charge in [0.2, 0.25) is 0 Å². The van der Waals surface area contributed by atoms with E-state index in [0.717, 1.165) is 0 Å². The number of rotatable bonds is 2. The Labute approximate surface area is 69.5 Å². The van der Waals surface area contributed by atoms with Crippen LogP contribution >= 0.6 is 0 Å². The third-order valence-electron chi connectivity index (χ3n) is 1.38. The summed E-state index contributed by atoms with van der Waals surface area (Å²) in [7, 11) is 0. The number of cyclic esters (lactones) is 1. The molecule has 0 aromatic carbocycles. The van der Waals surface area contributed by atoms with Crippen molar-refractivity contribution in [3.63, 3.8) is 0 Å². The summed E-state index contributed by atoms with van der Waals surface area (Å²) in [6.07, 6.45) is 4.34. The Hall–Kier alpha value is -1.70. The molecule has 1 atom stereocenters. The van der Waals surface area contributed by atoms with E-state index in [2.05, 4.69) is 15.4 Å². The molecule has 5 heteroatoms. The van der Waals surface area contributed by atoms with Gasteiger partial charge in [-0.05, 0) is 5.92 Å². The SMILES string of the molecule is C#CC(=O)NCC1COC(=O)N1. The molecular formula is C7H8N2O3. The third kappa shape index (κ3) is 2.16. The van der Waals surface area contributed by atoms with E-state index in [9.17, 15) is 9.59 Å². The molecule has 1 saturated heterocycles. The molecule has 2 amide bonds. The van der Waals surface area contributed by atoms with E-state index in [4.69, 9.17) is 6.42 Å². The zero-order valence-electron chi connectivity index (χ0n) is 6.29. The van der Waals surface area contributed by atoms with Crippen LogP contribution in [0, 0.1) is 12.3 Å². The average molecular weight is 168 g/mol. The number of carbonyl (C=O) groups is 2. The Kier molecular flexibility index (Phi) is 2.53. The molecule has 0 bridgehead atoms. The van der Waals surface area contributed by atoms with Crippen molar-refractivity contribution in [1.29, 1.82) is 0 Å². The molecule has 0 aromatic rings. The van der Waals surface area contributed by atoms with Gasteiger partial charge in [-0.15, -0.1) is 6.42 Å². The highest BCUT2D eigenvalue weighted by molar-refractivity contribution is 5.92. The van der Waals surface area contributed by atoms with Crippen molar-refractivity contribution in [2.24, 2.45) is 0 Å². The van der Waals surface area contributed by atoms with Crippen molar-refractivity contribution in [1.82, 2.24) is 10.6 Å². The van der Waals surface area contributed by atoms with Crippen LogP contribution in [0.4, 0.5) is 4.79 Å². The maximum absolute atomic E-state index is 10.5. The molecule has 5 nitrogen and oxygen atoms in total. The van der Waals surface area contributed by atoms with Crippen LogP contribution in [0.3, 0.4) is 0 Å². The predicted molar refractivity (Wildman–Crippen MR) is 40.1 cm³/mol. The number of terminal acetylenes is 1. The highest BCUT2D eigenvalue weighted by Crippen LogP contribution is 1.94. The summed E-state index contributed by atoms with van der Waals surface area (Å²) in [4.78, 5) is 21.0. The van der Waals surface area contributed by atoms with Gasteiger partial charge in [-0.2, -0.15) is 0 Å². The molecule has 0 aliphatic carbocycles. The van der Waals surface area contributed by atoms with Crippen molar-refractivity contribution in [3.8, 4) is 12.3 Å². The van der Waals surface area contributed by atoms with Gasteiger partial charge in [0.05, 0.1) is 6.04 Å². The number of hydrogen-bond donors (Lipinski definition) is 2. The number of amides is 2. The molecule has 12 heavy (non-hydrogen) atoms. The van der Waals surface area contributed by atoms with Gasteiger partial charge >= 0.3 is 6.09 Å². The minimum absolute atomic E-state index is 0.171. The van der Waals surface area contributed by atoms with Crippen LogP contribution < -0.4 is 10.6 Å². The summed E-state index contributed by atoms with van der Waals surface area (Å²) >= 11 is 0. The number of alkyl carbamates (subject to hydrolysis) is 1.